The highest BCUT2D eigenvalue weighted by atomic mass is 16.6. The molecule has 0 radical (unpaired) electrons. The van der Waals surface area contributed by atoms with E-state index in [1.54, 1.807) is 0 Å². The molecule has 58 heavy (non-hydrogen) atoms. The molecule has 8 heteroatoms. The highest BCUT2D eigenvalue weighted by Gasteiger charge is 2.72. The molecule has 0 saturated heterocycles. The van der Waals surface area contributed by atoms with Crippen LogP contribution in [-0.2, 0) is 37.0 Å². The minimum absolute atomic E-state index is 0.00563. The first-order chi connectivity index (χ1) is 27.6. The van der Waals surface area contributed by atoms with E-state index in [4.69, 9.17) is 14.2 Å². The highest BCUT2D eigenvalue weighted by Crippen LogP contribution is 2.77. The van der Waals surface area contributed by atoms with Crippen molar-refractivity contribution in [3.05, 3.63) is 95.5 Å². The van der Waals surface area contributed by atoms with E-state index in [1.165, 1.54) is 5.57 Å². The van der Waals surface area contributed by atoms with Gasteiger partial charge in [-0.15, -0.1) is 0 Å². The average molecular weight is 794 g/mol. The maximum absolute atomic E-state index is 14.9. The smallest absolute Gasteiger partial charge is 0.378 e. The summed E-state index contributed by atoms with van der Waals surface area (Å²) in [7, 11) is 0. The number of carbonyl (C=O) groups is 2. The first-order valence-electron chi connectivity index (χ1n) is 22.2. The lowest BCUT2D eigenvalue weighted by atomic mass is 9.32. The molecule has 0 unspecified atom stereocenters. The molecule has 5 saturated carbocycles. The Labute approximate surface area is 346 Å². The Morgan fingerprint density at radius 3 is 2.14 bits per heavy atom. The number of esters is 1. The minimum Gasteiger partial charge on any atom is -0.485 e. The van der Waals surface area contributed by atoms with Gasteiger partial charge >= 0.3 is 5.97 Å². The largest absolute Gasteiger partial charge is 0.485 e. The summed E-state index contributed by atoms with van der Waals surface area (Å²) in [5.74, 6) is 1.28. The number of aliphatic hydroxyl groups is 2. The minimum atomic E-state index is -1.25. The standard InChI is InChI=1S/C50H67NO7/c1-31(2)34-20-25-50(27-26-48(6)35(40(34)50)18-19-38-47(5)23-22-39(53)46(3,4)37(47)21-24-49(38,48)7)45(55)51-28-36(52)41-42(56-29-32-14-10-8-11-15-32)43(44(54)58-41)57-30-33-16-12-9-13-17-33/h8-17,34-41,52-53H,1,18-30H2,2-7H3,(H,51,55)/t34-,35+,36-,37-,38+,39-,40+,41+,47-,48+,49+,50-/m0/s1. The van der Waals surface area contributed by atoms with Crippen LogP contribution in [0, 0.1) is 56.7 Å². The van der Waals surface area contributed by atoms with Gasteiger partial charge in [0.2, 0.25) is 11.7 Å². The second-order valence-corrected chi connectivity index (χ2v) is 20.6. The van der Waals surface area contributed by atoms with Crippen molar-refractivity contribution in [2.45, 2.75) is 137 Å². The van der Waals surface area contributed by atoms with Crippen LogP contribution in [0.2, 0.25) is 0 Å². The Balaban J connectivity index is 1.02. The topological polar surface area (TPSA) is 114 Å². The van der Waals surface area contributed by atoms with Crippen molar-refractivity contribution in [1.82, 2.24) is 5.32 Å². The first-order valence-corrected chi connectivity index (χ1v) is 22.2. The van der Waals surface area contributed by atoms with Crippen LogP contribution in [0.15, 0.2) is 84.3 Å². The van der Waals surface area contributed by atoms with Gasteiger partial charge in [0.15, 0.2) is 11.9 Å². The normalized spacial score (nSPS) is 39.3. The van der Waals surface area contributed by atoms with Crippen LogP contribution in [0.5, 0.6) is 0 Å². The van der Waals surface area contributed by atoms with Gasteiger partial charge in [-0.25, -0.2) is 4.79 Å². The van der Waals surface area contributed by atoms with Gasteiger partial charge in [-0.2, -0.15) is 0 Å². The summed E-state index contributed by atoms with van der Waals surface area (Å²) >= 11 is 0. The van der Waals surface area contributed by atoms with E-state index >= 15 is 0 Å². The lowest BCUT2D eigenvalue weighted by molar-refractivity contribution is -0.246. The summed E-state index contributed by atoms with van der Waals surface area (Å²) in [4.78, 5) is 28.2. The molecule has 0 spiro atoms. The Morgan fingerprint density at radius 1 is 0.828 bits per heavy atom. The number of hydrogen-bond acceptors (Lipinski definition) is 7. The fraction of sp³-hybridized carbons (Fsp3) is 0.640. The van der Waals surface area contributed by atoms with Gasteiger partial charge in [-0.1, -0.05) is 107 Å². The molecule has 5 aliphatic carbocycles. The molecular formula is C50H67NO7. The molecular weight excluding hydrogens is 727 g/mol. The highest BCUT2D eigenvalue weighted by molar-refractivity contribution is 5.90. The van der Waals surface area contributed by atoms with Crippen LogP contribution in [0.3, 0.4) is 0 Å². The van der Waals surface area contributed by atoms with Gasteiger partial charge in [-0.3, -0.25) is 4.79 Å². The molecule has 1 heterocycles. The van der Waals surface area contributed by atoms with Gasteiger partial charge in [0, 0.05) is 6.54 Å². The molecule has 8 nitrogen and oxygen atoms in total. The third-order valence-corrected chi connectivity index (χ3v) is 17.7. The SMILES string of the molecule is C=C(C)[C@@H]1CC[C@]2(C(=O)NC[C@H](O)[C@H]3OC(=O)C(OCc4ccccc4)=C3OCc3ccccc3)CC[C@]3(C)[C@H](CC[C@@H]4[C@@]5(C)CC[C@H](O)C(C)(C)[C@@H]5CC[C@]43C)[C@@H]12. The van der Waals surface area contributed by atoms with Gasteiger partial charge in [0.1, 0.15) is 19.3 Å². The molecule has 6 aliphatic rings. The molecule has 3 N–H and O–H groups in total. The molecule has 5 fully saturated rings. The van der Waals surface area contributed by atoms with Crippen molar-refractivity contribution in [3.8, 4) is 0 Å². The average Bonchev–Trinajstić information content (AvgIpc) is 3.76. The van der Waals surface area contributed by atoms with Crippen molar-refractivity contribution >= 4 is 11.9 Å². The predicted molar refractivity (Wildman–Crippen MR) is 223 cm³/mol. The summed E-state index contributed by atoms with van der Waals surface area (Å²) in [6, 6.07) is 19.2. The molecule has 1 amide bonds. The Morgan fingerprint density at radius 2 is 1.48 bits per heavy atom. The molecule has 8 rings (SSSR count). The maximum Gasteiger partial charge on any atom is 0.378 e. The number of amides is 1. The number of ether oxygens (including phenoxy) is 3. The zero-order valence-electron chi connectivity index (χ0n) is 35.7. The quantitative estimate of drug-likeness (QED) is 0.154. The number of rotatable bonds is 11. The predicted octanol–water partition coefficient (Wildman–Crippen LogP) is 9.05. The van der Waals surface area contributed by atoms with E-state index in [0.717, 1.165) is 75.3 Å². The fourth-order valence-corrected chi connectivity index (χ4v) is 14.5. The van der Waals surface area contributed by atoms with Crippen LogP contribution in [0.4, 0.5) is 0 Å². The number of allylic oxidation sites excluding steroid dienone is 1. The Hall–Kier alpha value is -3.62. The number of cyclic esters (lactones) is 1. The van der Waals surface area contributed by atoms with Crippen LogP contribution in [0.25, 0.3) is 0 Å². The summed E-state index contributed by atoms with van der Waals surface area (Å²) in [6.07, 6.45) is 7.45. The second-order valence-electron chi connectivity index (χ2n) is 20.6. The van der Waals surface area contributed by atoms with E-state index < -0.39 is 23.6 Å². The molecule has 0 bridgehead atoms. The van der Waals surface area contributed by atoms with Crippen LogP contribution in [-0.4, -0.2) is 46.9 Å². The molecule has 2 aromatic rings. The number of benzene rings is 2. The first kappa shape index (κ1) is 41.1. The monoisotopic (exact) mass is 793 g/mol. The second kappa shape index (κ2) is 15.1. The van der Waals surface area contributed by atoms with E-state index in [2.05, 4.69) is 53.4 Å². The molecule has 1 aliphatic heterocycles. The fourth-order valence-electron chi connectivity index (χ4n) is 14.5. The number of fused-ring (bicyclic) bond motifs is 7. The van der Waals surface area contributed by atoms with Gasteiger partial charge in [0.05, 0.1) is 11.5 Å². The zero-order chi connectivity index (χ0) is 41.3. The third kappa shape index (κ3) is 6.45. The summed E-state index contributed by atoms with van der Waals surface area (Å²) in [6.45, 7) is 19.2. The van der Waals surface area contributed by atoms with Crippen molar-refractivity contribution in [1.29, 1.82) is 0 Å². The zero-order valence-corrected chi connectivity index (χ0v) is 35.7. The third-order valence-electron chi connectivity index (χ3n) is 17.7. The number of hydrogen-bond donors (Lipinski definition) is 3. The Kier molecular flexibility index (Phi) is 10.7. The van der Waals surface area contributed by atoms with E-state index in [0.29, 0.717) is 17.8 Å². The van der Waals surface area contributed by atoms with Crippen molar-refractivity contribution < 1.29 is 34.0 Å². The van der Waals surface area contributed by atoms with Gasteiger partial charge < -0.3 is 29.7 Å². The molecule has 2 aromatic carbocycles. The molecule has 0 aromatic heterocycles. The molecule has 12 atom stereocenters. The van der Waals surface area contributed by atoms with E-state index in [-0.39, 0.29) is 76.8 Å². The summed E-state index contributed by atoms with van der Waals surface area (Å²) < 4.78 is 18.0. The van der Waals surface area contributed by atoms with Crippen LogP contribution in [0.1, 0.15) is 117 Å². The van der Waals surface area contributed by atoms with E-state index in [1.807, 2.05) is 60.7 Å². The lowest BCUT2D eigenvalue weighted by Crippen LogP contribution is -2.67. The van der Waals surface area contributed by atoms with Crippen LogP contribution >= 0.6 is 0 Å². The summed E-state index contributed by atoms with van der Waals surface area (Å²) in [5, 5.41) is 26.1. The molecule has 314 valence electrons. The van der Waals surface area contributed by atoms with Crippen molar-refractivity contribution in [3.63, 3.8) is 0 Å². The van der Waals surface area contributed by atoms with Crippen molar-refractivity contribution in [2.75, 3.05) is 6.54 Å². The number of nitrogens with one attached hydrogen (secondary N) is 1. The number of carbonyl (C=O) groups excluding carboxylic acids is 2. The van der Waals surface area contributed by atoms with E-state index in [9.17, 15) is 19.8 Å². The van der Waals surface area contributed by atoms with Gasteiger partial charge in [0.25, 0.3) is 0 Å². The Bertz CT molecular complexity index is 1910. The summed E-state index contributed by atoms with van der Waals surface area (Å²) in [5.41, 5.74) is 2.68. The van der Waals surface area contributed by atoms with Crippen LogP contribution < -0.4 is 5.32 Å². The number of aliphatic hydroxyl groups excluding tert-OH is 2. The maximum atomic E-state index is 14.9. The lowest BCUT2D eigenvalue weighted by Gasteiger charge is -2.72. The van der Waals surface area contributed by atoms with Crippen molar-refractivity contribution in [2.24, 2.45) is 56.7 Å². The van der Waals surface area contributed by atoms with Gasteiger partial charge in [-0.05, 0) is 134 Å².